The number of benzene rings is 3. The van der Waals surface area contributed by atoms with Crippen molar-refractivity contribution in [3.8, 4) is 0 Å². The molecule has 0 radical (unpaired) electrons. The standard InChI is InChI=1S/C31H32N2O3S/c1-4-33-28-18-17-23-11-5-6-14-26(23)30(28)31(2,3)29(33)16-9-12-24-19-21-32(20-10-22-37(34,35)36)27-15-8-7-13-25(24)27/h5-9,11-19,21H,4,10,20,22H2,1-3H3. The summed E-state index contributed by atoms with van der Waals surface area (Å²) in [6.45, 7) is 8.16. The molecular weight excluding hydrogens is 480 g/mol. The van der Waals surface area contributed by atoms with Crippen LogP contribution in [0.1, 0.15) is 38.3 Å². The molecule has 4 aromatic rings. The molecule has 0 aliphatic carbocycles. The minimum Gasteiger partial charge on any atom is -0.748 e. The zero-order chi connectivity index (χ0) is 26.2. The number of nitrogens with zero attached hydrogens (tertiary/aromatic N) is 2. The molecule has 1 aromatic heterocycles. The second-order valence-corrected chi connectivity index (χ2v) is 11.6. The van der Waals surface area contributed by atoms with Crippen LogP contribution in [0.3, 0.4) is 0 Å². The Labute approximate surface area is 219 Å². The van der Waals surface area contributed by atoms with E-state index in [9.17, 15) is 13.0 Å². The number of aryl methyl sites for hydroxylation is 1. The average molecular weight is 513 g/mol. The first-order valence-electron chi connectivity index (χ1n) is 12.7. The number of rotatable bonds is 7. The monoisotopic (exact) mass is 512 g/mol. The zero-order valence-electron chi connectivity index (χ0n) is 21.5. The summed E-state index contributed by atoms with van der Waals surface area (Å²) in [5.74, 6) is -0.356. The van der Waals surface area contributed by atoms with Gasteiger partial charge in [0.2, 0.25) is 5.52 Å². The molecule has 1 aliphatic rings. The molecule has 0 spiro atoms. The second kappa shape index (κ2) is 9.77. The molecule has 0 unspecified atom stereocenters. The second-order valence-electron chi connectivity index (χ2n) is 10.1. The molecule has 190 valence electrons. The molecule has 2 heterocycles. The van der Waals surface area contributed by atoms with Gasteiger partial charge in [-0.2, -0.15) is 4.57 Å². The number of hydrogen-bond donors (Lipinski definition) is 0. The molecule has 0 saturated carbocycles. The fraction of sp³-hybridized carbons (Fsp3) is 0.258. The van der Waals surface area contributed by atoms with E-state index in [0.717, 1.165) is 23.0 Å². The van der Waals surface area contributed by atoms with Crippen LogP contribution in [0, 0.1) is 0 Å². The third kappa shape index (κ3) is 4.79. The predicted molar refractivity (Wildman–Crippen MR) is 150 cm³/mol. The number of para-hydroxylation sites is 1. The van der Waals surface area contributed by atoms with Crippen molar-refractivity contribution >= 4 is 43.6 Å². The largest absolute Gasteiger partial charge is 0.748 e. The molecule has 0 saturated heterocycles. The summed E-state index contributed by atoms with van der Waals surface area (Å²) < 4.78 is 35.0. The highest BCUT2D eigenvalue weighted by Crippen LogP contribution is 2.50. The van der Waals surface area contributed by atoms with Gasteiger partial charge in [-0.1, -0.05) is 68.5 Å². The summed E-state index contributed by atoms with van der Waals surface area (Å²) in [4.78, 5) is 2.41. The smallest absolute Gasteiger partial charge is 0.213 e. The lowest BCUT2D eigenvalue weighted by Gasteiger charge is -2.26. The molecule has 5 rings (SSSR count). The van der Waals surface area contributed by atoms with Crippen molar-refractivity contribution in [2.45, 2.75) is 39.2 Å². The molecule has 0 atom stereocenters. The van der Waals surface area contributed by atoms with Crippen molar-refractivity contribution in [1.29, 1.82) is 0 Å². The van der Waals surface area contributed by atoms with Crippen molar-refractivity contribution < 1.29 is 17.5 Å². The number of anilines is 1. The number of allylic oxidation sites excluding steroid dienone is 3. The third-order valence-electron chi connectivity index (χ3n) is 7.35. The molecule has 5 nitrogen and oxygen atoms in total. The van der Waals surface area contributed by atoms with Crippen molar-refractivity contribution in [1.82, 2.24) is 0 Å². The van der Waals surface area contributed by atoms with Gasteiger partial charge in [0.1, 0.15) is 6.54 Å². The molecule has 0 bridgehead atoms. The number of likely N-dealkylation sites (N-methyl/N-ethyl adjacent to an activating group) is 1. The summed E-state index contributed by atoms with van der Waals surface area (Å²) in [6, 6.07) is 23.2. The Morgan fingerprint density at radius 2 is 1.70 bits per heavy atom. The highest BCUT2D eigenvalue weighted by Gasteiger charge is 2.40. The van der Waals surface area contributed by atoms with Crippen LogP contribution >= 0.6 is 0 Å². The normalized spacial score (nSPS) is 16.3. The number of aromatic nitrogens is 1. The van der Waals surface area contributed by atoms with Gasteiger partial charge < -0.3 is 9.45 Å². The molecule has 6 heteroatoms. The van der Waals surface area contributed by atoms with Crippen molar-refractivity contribution in [3.63, 3.8) is 0 Å². The Morgan fingerprint density at radius 3 is 2.46 bits per heavy atom. The van der Waals surface area contributed by atoms with Crippen molar-refractivity contribution in [2.24, 2.45) is 0 Å². The van der Waals surface area contributed by atoms with Gasteiger partial charge in [-0.15, -0.1) is 0 Å². The molecule has 1 aliphatic heterocycles. The van der Waals surface area contributed by atoms with E-state index in [2.05, 4.69) is 86.4 Å². The predicted octanol–water partition coefficient (Wildman–Crippen LogP) is 5.93. The van der Waals surface area contributed by atoms with E-state index in [1.807, 2.05) is 35.0 Å². The lowest BCUT2D eigenvalue weighted by atomic mass is 9.81. The Balaban J connectivity index is 1.49. The molecular formula is C31H32N2O3S. The minimum atomic E-state index is -4.21. The van der Waals surface area contributed by atoms with E-state index in [0.29, 0.717) is 13.0 Å². The SMILES string of the molecule is CCN1/C(=C/C=C/c2cc[n+](CCCS(=O)(=O)[O-])c3ccccc23)C(C)(C)c2c1ccc1ccccc21. The Morgan fingerprint density at radius 1 is 0.973 bits per heavy atom. The molecule has 0 fully saturated rings. The average Bonchev–Trinajstić information content (AvgIpc) is 3.10. The van der Waals surface area contributed by atoms with Crippen molar-refractivity contribution in [3.05, 3.63) is 102 Å². The Kier molecular flexibility index (Phi) is 6.65. The summed E-state index contributed by atoms with van der Waals surface area (Å²) in [6.07, 6.45) is 8.75. The maximum atomic E-state index is 11.0. The maximum absolute atomic E-state index is 11.0. The fourth-order valence-electron chi connectivity index (χ4n) is 5.68. The summed E-state index contributed by atoms with van der Waals surface area (Å²) in [7, 11) is -4.21. The minimum absolute atomic E-state index is 0.139. The summed E-state index contributed by atoms with van der Waals surface area (Å²) in [5.41, 5.74) is 5.88. The van der Waals surface area contributed by atoms with Gasteiger partial charge in [0, 0.05) is 47.7 Å². The van der Waals surface area contributed by atoms with E-state index in [4.69, 9.17) is 0 Å². The van der Waals surface area contributed by atoms with Gasteiger partial charge in [0.25, 0.3) is 0 Å². The van der Waals surface area contributed by atoms with Gasteiger partial charge >= 0.3 is 0 Å². The Bertz CT molecular complexity index is 1650. The lowest BCUT2D eigenvalue weighted by Crippen LogP contribution is -2.35. The fourth-order valence-corrected chi connectivity index (χ4v) is 6.16. The highest BCUT2D eigenvalue weighted by molar-refractivity contribution is 7.85. The van der Waals surface area contributed by atoms with E-state index in [-0.39, 0.29) is 11.2 Å². The van der Waals surface area contributed by atoms with E-state index in [1.54, 1.807) is 0 Å². The van der Waals surface area contributed by atoms with Gasteiger partial charge in [-0.25, -0.2) is 8.42 Å². The van der Waals surface area contributed by atoms with Crippen LogP contribution in [0.2, 0.25) is 0 Å². The van der Waals surface area contributed by atoms with Crippen LogP contribution in [0.4, 0.5) is 5.69 Å². The van der Waals surface area contributed by atoms with Crippen LogP contribution in [0.15, 0.2) is 90.8 Å². The van der Waals surface area contributed by atoms with E-state index < -0.39 is 10.1 Å². The molecule has 0 amide bonds. The first kappa shape index (κ1) is 25.2. The van der Waals surface area contributed by atoms with Crippen LogP contribution in [0.25, 0.3) is 27.8 Å². The number of hydrogen-bond acceptors (Lipinski definition) is 4. The lowest BCUT2D eigenvalue weighted by molar-refractivity contribution is -0.671. The van der Waals surface area contributed by atoms with E-state index in [1.165, 1.54) is 27.7 Å². The summed E-state index contributed by atoms with van der Waals surface area (Å²) >= 11 is 0. The number of fused-ring (bicyclic) bond motifs is 4. The van der Waals surface area contributed by atoms with Crippen LogP contribution in [-0.4, -0.2) is 25.3 Å². The molecule has 37 heavy (non-hydrogen) atoms. The number of pyridine rings is 1. The van der Waals surface area contributed by atoms with Crippen molar-refractivity contribution in [2.75, 3.05) is 17.2 Å². The van der Waals surface area contributed by atoms with Crippen LogP contribution in [0.5, 0.6) is 0 Å². The summed E-state index contributed by atoms with van der Waals surface area (Å²) in [5, 5.41) is 3.65. The highest BCUT2D eigenvalue weighted by atomic mass is 32.2. The molecule has 0 N–H and O–H groups in total. The molecule has 3 aromatic carbocycles. The first-order chi connectivity index (χ1) is 17.7. The van der Waals surface area contributed by atoms with E-state index >= 15 is 0 Å². The van der Waals surface area contributed by atoms with Crippen LogP contribution < -0.4 is 9.47 Å². The topological polar surface area (TPSA) is 64.3 Å². The van der Waals surface area contributed by atoms with Gasteiger partial charge in [0.15, 0.2) is 6.20 Å². The van der Waals surface area contributed by atoms with Gasteiger partial charge in [-0.05, 0) is 47.0 Å². The zero-order valence-corrected chi connectivity index (χ0v) is 22.3. The maximum Gasteiger partial charge on any atom is 0.213 e. The van der Waals surface area contributed by atoms with Gasteiger partial charge in [0.05, 0.1) is 15.5 Å². The third-order valence-corrected chi connectivity index (χ3v) is 8.14. The van der Waals surface area contributed by atoms with Gasteiger partial charge in [-0.3, -0.25) is 0 Å². The Hall–Kier alpha value is -3.48. The van der Waals surface area contributed by atoms with Crippen LogP contribution in [-0.2, 0) is 22.1 Å². The quantitative estimate of drug-likeness (QED) is 0.227. The first-order valence-corrected chi connectivity index (χ1v) is 14.3.